The molecule has 2 atom stereocenters. The monoisotopic (exact) mass is 565 g/mol. The average molecular weight is 566 g/mol. The van der Waals surface area contributed by atoms with Crippen molar-refractivity contribution in [3.05, 3.63) is 66.2 Å². The fourth-order valence-corrected chi connectivity index (χ4v) is 4.41. The number of carbonyl (C=O) groups is 3. The number of nitrogens with one attached hydrogen (secondary N) is 2. The summed E-state index contributed by atoms with van der Waals surface area (Å²) in [6.07, 6.45) is 1.95. The van der Waals surface area contributed by atoms with Crippen molar-refractivity contribution in [2.24, 2.45) is 5.92 Å². The first kappa shape index (κ1) is 33.4. The summed E-state index contributed by atoms with van der Waals surface area (Å²) in [5, 5.41) is 5.78. The van der Waals surface area contributed by atoms with Gasteiger partial charge in [0.25, 0.3) is 5.91 Å². The summed E-state index contributed by atoms with van der Waals surface area (Å²) in [6, 6.07) is 12.5. The van der Waals surface area contributed by atoms with E-state index >= 15 is 0 Å². The Labute approximate surface area is 245 Å². The number of hydrogen-bond donors (Lipinski definition) is 2. The molecule has 2 N–H and O–H groups in total. The smallest absolute Gasteiger partial charge is 0.408 e. The van der Waals surface area contributed by atoms with Crippen molar-refractivity contribution in [1.29, 1.82) is 0 Å². The zero-order valence-corrected chi connectivity index (χ0v) is 26.0. The lowest BCUT2D eigenvalue weighted by Crippen LogP contribution is -2.59. The van der Waals surface area contributed by atoms with E-state index in [2.05, 4.69) is 17.2 Å². The number of anilines is 1. The second-order valence-electron chi connectivity index (χ2n) is 12.2. The lowest BCUT2D eigenvalue weighted by atomic mass is 9.90. The van der Waals surface area contributed by atoms with Gasteiger partial charge in [-0.15, -0.1) is 0 Å². The molecule has 3 amide bonds. The molecule has 224 valence electrons. The van der Waals surface area contributed by atoms with Crippen LogP contribution in [-0.4, -0.2) is 47.1 Å². The van der Waals surface area contributed by atoms with Gasteiger partial charge in [-0.3, -0.25) is 9.59 Å². The summed E-state index contributed by atoms with van der Waals surface area (Å²) >= 11 is 0. The van der Waals surface area contributed by atoms with Gasteiger partial charge in [-0.1, -0.05) is 51.6 Å². The van der Waals surface area contributed by atoms with Crippen molar-refractivity contribution < 1.29 is 23.9 Å². The van der Waals surface area contributed by atoms with E-state index < -0.39 is 29.3 Å². The molecular weight excluding hydrogens is 518 g/mol. The van der Waals surface area contributed by atoms with Gasteiger partial charge in [0.1, 0.15) is 23.4 Å². The van der Waals surface area contributed by atoms with E-state index in [1.165, 1.54) is 0 Å². The highest BCUT2D eigenvalue weighted by molar-refractivity contribution is 5.99. The molecule has 2 aromatic carbocycles. The fraction of sp³-hybridized carbons (Fsp3) is 0.485. The third kappa shape index (κ3) is 9.66. The van der Waals surface area contributed by atoms with Crippen LogP contribution < -0.4 is 15.4 Å². The summed E-state index contributed by atoms with van der Waals surface area (Å²) < 4.78 is 10.7. The van der Waals surface area contributed by atoms with Crippen LogP contribution in [0.25, 0.3) is 6.08 Å². The first-order chi connectivity index (χ1) is 19.1. The van der Waals surface area contributed by atoms with E-state index in [9.17, 15) is 14.4 Å². The number of ether oxygens (including phenoxy) is 2. The number of amides is 3. The molecule has 0 heterocycles. The molecule has 2 rings (SSSR count). The minimum atomic E-state index is -1.01. The molecule has 0 bridgehead atoms. The van der Waals surface area contributed by atoms with Crippen molar-refractivity contribution in [2.45, 2.75) is 91.5 Å². The minimum absolute atomic E-state index is 0.0844. The number of rotatable bonds is 12. The predicted molar refractivity (Wildman–Crippen MR) is 165 cm³/mol. The fourth-order valence-electron chi connectivity index (χ4n) is 4.41. The van der Waals surface area contributed by atoms with E-state index in [0.717, 1.165) is 5.56 Å². The third-order valence-corrected chi connectivity index (χ3v) is 6.78. The van der Waals surface area contributed by atoms with Gasteiger partial charge in [0.15, 0.2) is 0 Å². The van der Waals surface area contributed by atoms with Crippen LogP contribution in [0.3, 0.4) is 0 Å². The molecule has 0 spiro atoms. The largest absolute Gasteiger partial charge is 0.497 e. The molecule has 0 saturated heterocycles. The normalized spacial score (nSPS) is 13.1. The second kappa shape index (κ2) is 14.2. The third-order valence-electron chi connectivity index (χ3n) is 6.78. The Kier molecular flexibility index (Phi) is 11.6. The van der Waals surface area contributed by atoms with Gasteiger partial charge in [0.05, 0.1) is 7.11 Å². The molecular formula is C33H47N3O5. The van der Waals surface area contributed by atoms with Gasteiger partial charge in [-0.2, -0.15) is 0 Å². The van der Waals surface area contributed by atoms with Crippen LogP contribution in [0.2, 0.25) is 0 Å². The molecule has 8 heteroatoms. The van der Waals surface area contributed by atoms with E-state index in [0.29, 0.717) is 29.8 Å². The van der Waals surface area contributed by atoms with Crippen LogP contribution in [0.1, 0.15) is 85.4 Å². The summed E-state index contributed by atoms with van der Waals surface area (Å²) in [6.45, 7) is 19.0. The van der Waals surface area contributed by atoms with E-state index in [-0.39, 0.29) is 17.7 Å². The summed E-state index contributed by atoms with van der Waals surface area (Å²) in [7, 11) is 1.57. The van der Waals surface area contributed by atoms with Crippen molar-refractivity contribution >= 4 is 29.7 Å². The SMILES string of the molecule is C=Cc1cccc(C(C(=O)Nc2ccc(OC)cc2)N(C(=O)C(CC(C)C)NC(=O)OC(C)(C)C)C(C)(C)CC)c1. The van der Waals surface area contributed by atoms with Crippen LogP contribution in [0.4, 0.5) is 10.5 Å². The first-order valence-corrected chi connectivity index (χ1v) is 14.1. The Hall–Kier alpha value is -3.81. The Bertz CT molecular complexity index is 1200. The highest BCUT2D eigenvalue weighted by Gasteiger charge is 2.43. The minimum Gasteiger partial charge on any atom is -0.497 e. The maximum Gasteiger partial charge on any atom is 0.408 e. The van der Waals surface area contributed by atoms with Crippen LogP contribution in [0.5, 0.6) is 5.75 Å². The summed E-state index contributed by atoms with van der Waals surface area (Å²) in [5.74, 6) is -0.00448. The molecule has 0 saturated carbocycles. The van der Waals surface area contributed by atoms with Gasteiger partial charge in [0, 0.05) is 11.2 Å². The lowest BCUT2D eigenvalue weighted by molar-refractivity contribution is -0.148. The molecule has 0 aliphatic heterocycles. The van der Waals surface area contributed by atoms with Crippen molar-refractivity contribution in [2.75, 3.05) is 12.4 Å². The van der Waals surface area contributed by atoms with Crippen LogP contribution in [0.15, 0.2) is 55.1 Å². The molecule has 2 aromatic rings. The number of nitrogens with zero attached hydrogens (tertiary/aromatic N) is 1. The standard InChI is InChI=1S/C33H47N3O5/c1-11-23-14-13-15-24(21-23)28(29(37)34-25-16-18-26(40-10)19-17-25)36(33(8,9)12-2)30(38)27(20-22(3)4)35-31(39)41-32(5,6)7/h11,13-19,21-22,27-28H,1,12,20H2,2-10H3,(H,34,37)(H,35,39). The second-order valence-corrected chi connectivity index (χ2v) is 12.2. The quantitative estimate of drug-likeness (QED) is 0.290. The topological polar surface area (TPSA) is 97.0 Å². The van der Waals surface area contributed by atoms with Crippen LogP contribution >= 0.6 is 0 Å². The summed E-state index contributed by atoms with van der Waals surface area (Å²) in [5.41, 5.74) is 0.520. The lowest BCUT2D eigenvalue weighted by Gasteiger charge is -2.45. The molecule has 0 aromatic heterocycles. The number of hydrogen-bond acceptors (Lipinski definition) is 5. The van der Waals surface area contributed by atoms with Crippen LogP contribution in [0, 0.1) is 5.92 Å². The first-order valence-electron chi connectivity index (χ1n) is 14.1. The van der Waals surface area contributed by atoms with E-state index in [1.807, 2.05) is 58.9 Å². The Morgan fingerprint density at radius 3 is 2.17 bits per heavy atom. The number of benzene rings is 2. The molecule has 0 fully saturated rings. The number of carbonyl (C=O) groups excluding carboxylic acids is 3. The molecule has 2 unspecified atom stereocenters. The molecule has 0 aliphatic rings. The zero-order chi connectivity index (χ0) is 31.0. The Balaban J connectivity index is 2.66. The van der Waals surface area contributed by atoms with E-state index in [4.69, 9.17) is 9.47 Å². The van der Waals surface area contributed by atoms with Crippen LogP contribution in [-0.2, 0) is 14.3 Å². The maximum atomic E-state index is 14.5. The molecule has 0 aliphatic carbocycles. The molecule has 8 nitrogen and oxygen atoms in total. The van der Waals surface area contributed by atoms with Gasteiger partial charge in [-0.05, 0) is 94.8 Å². The van der Waals surface area contributed by atoms with Gasteiger partial charge >= 0.3 is 6.09 Å². The zero-order valence-electron chi connectivity index (χ0n) is 26.0. The van der Waals surface area contributed by atoms with E-state index in [1.54, 1.807) is 63.1 Å². The summed E-state index contributed by atoms with van der Waals surface area (Å²) in [4.78, 5) is 43.1. The van der Waals surface area contributed by atoms with Crippen molar-refractivity contribution in [3.8, 4) is 5.75 Å². The maximum absolute atomic E-state index is 14.5. The highest BCUT2D eigenvalue weighted by atomic mass is 16.6. The Morgan fingerprint density at radius 1 is 1.02 bits per heavy atom. The Morgan fingerprint density at radius 2 is 1.66 bits per heavy atom. The van der Waals surface area contributed by atoms with Crippen molar-refractivity contribution in [1.82, 2.24) is 10.2 Å². The average Bonchev–Trinajstić information content (AvgIpc) is 2.89. The van der Waals surface area contributed by atoms with Crippen molar-refractivity contribution in [3.63, 3.8) is 0 Å². The van der Waals surface area contributed by atoms with Gasteiger partial charge in [-0.25, -0.2) is 4.79 Å². The molecule has 0 radical (unpaired) electrons. The highest BCUT2D eigenvalue weighted by Crippen LogP contribution is 2.34. The van der Waals surface area contributed by atoms with Gasteiger partial charge in [0.2, 0.25) is 5.91 Å². The van der Waals surface area contributed by atoms with Gasteiger partial charge < -0.3 is 25.0 Å². The molecule has 41 heavy (non-hydrogen) atoms. The predicted octanol–water partition coefficient (Wildman–Crippen LogP) is 6.97. The number of alkyl carbamates (subject to hydrolysis) is 1. The number of methoxy groups -OCH3 is 1.